The molecule has 0 aliphatic carbocycles. The average Bonchev–Trinajstić information content (AvgIpc) is 1.66. The Morgan fingerprint density at radius 2 is 1.40 bits per heavy atom. The molecule has 3 N–H and O–H groups in total. The van der Waals surface area contributed by atoms with Crippen molar-refractivity contribution in [3.05, 3.63) is 0 Å². The van der Waals surface area contributed by atoms with Gasteiger partial charge >= 0.3 is 15.6 Å². The summed E-state index contributed by atoms with van der Waals surface area (Å²) in [5.74, 6) is 0. The van der Waals surface area contributed by atoms with Gasteiger partial charge in [0.2, 0.25) is 0 Å². The Morgan fingerprint density at radius 3 is 1.40 bits per heavy atom. The number of hydrogen-bond donors (Lipinski definition) is 2. The number of alkyl halides is 3. The second-order valence-electron chi connectivity index (χ2n) is 0.921. The second-order valence-corrected chi connectivity index (χ2v) is 2.33. The van der Waals surface area contributed by atoms with Gasteiger partial charge in [0, 0.05) is 0 Å². The van der Waals surface area contributed by atoms with E-state index < -0.39 is 15.6 Å². The smallest absolute Gasteiger partial charge is 0.333 e. The van der Waals surface area contributed by atoms with Crippen molar-refractivity contribution in [2.24, 2.45) is 5.73 Å². The van der Waals surface area contributed by atoms with Crippen molar-refractivity contribution < 1.29 is 26.1 Å². The van der Waals surface area contributed by atoms with Crippen LogP contribution in [0.25, 0.3) is 0 Å². The second kappa shape index (κ2) is 3.74. The van der Waals surface area contributed by atoms with Gasteiger partial charge in [-0.2, -0.15) is 21.6 Å². The molecule has 0 atom stereocenters. The van der Waals surface area contributed by atoms with Gasteiger partial charge in [-0.1, -0.05) is 0 Å². The third-order valence-corrected chi connectivity index (χ3v) is 0.877. The standard InChI is InChI=1S/CHF3O3S.CH5N/c2-1(3,4)8(5,6)7;1-2/h(H,5,6,7);2H2,1H3. The molecule has 64 valence electrons. The molecule has 0 fully saturated rings. The summed E-state index contributed by atoms with van der Waals surface area (Å²) in [6.45, 7) is 0. The lowest BCUT2D eigenvalue weighted by molar-refractivity contribution is -0.0510. The summed E-state index contributed by atoms with van der Waals surface area (Å²) in [5.41, 5.74) is -1.03. The maximum absolute atomic E-state index is 10.7. The fourth-order valence-electron chi connectivity index (χ4n) is 0. The highest BCUT2D eigenvalue weighted by molar-refractivity contribution is 7.86. The van der Waals surface area contributed by atoms with Crippen molar-refractivity contribution in [2.45, 2.75) is 5.51 Å². The van der Waals surface area contributed by atoms with Crippen LogP contribution >= 0.6 is 0 Å². The summed E-state index contributed by atoms with van der Waals surface area (Å²) < 4.78 is 57.5. The zero-order valence-electron chi connectivity index (χ0n) is 4.88. The fourth-order valence-corrected chi connectivity index (χ4v) is 0. The quantitative estimate of drug-likeness (QED) is 0.406. The number of hydrogen-bond acceptors (Lipinski definition) is 3. The molecule has 0 amide bonds. The van der Waals surface area contributed by atoms with E-state index in [4.69, 9.17) is 13.0 Å². The van der Waals surface area contributed by atoms with Gasteiger partial charge in [-0.15, -0.1) is 0 Å². The predicted molar refractivity (Wildman–Crippen MR) is 27.7 cm³/mol. The molecule has 0 bridgehead atoms. The van der Waals surface area contributed by atoms with Crippen LogP contribution in [-0.2, 0) is 10.1 Å². The fraction of sp³-hybridized carbons (Fsp3) is 1.00. The van der Waals surface area contributed by atoms with Crippen LogP contribution in [0.4, 0.5) is 13.2 Å². The largest absolute Gasteiger partial charge is 0.522 e. The first-order valence-corrected chi connectivity index (χ1v) is 3.30. The zero-order valence-corrected chi connectivity index (χ0v) is 5.70. The van der Waals surface area contributed by atoms with Gasteiger partial charge in [0.05, 0.1) is 0 Å². The van der Waals surface area contributed by atoms with E-state index in [0.29, 0.717) is 0 Å². The molecule has 8 heteroatoms. The Kier molecular flexibility index (Phi) is 4.61. The first-order valence-electron chi connectivity index (χ1n) is 1.86. The Bertz CT molecular complexity index is 171. The molecule has 0 aromatic heterocycles. The molecule has 0 aliphatic rings. The molecule has 0 heterocycles. The van der Waals surface area contributed by atoms with Crippen molar-refractivity contribution in [1.82, 2.24) is 0 Å². The molecule has 0 radical (unpaired) electrons. The third-order valence-electron chi connectivity index (χ3n) is 0.292. The molecule has 0 saturated carbocycles. The van der Waals surface area contributed by atoms with Gasteiger partial charge in [0.1, 0.15) is 0 Å². The molecule has 0 aromatic rings. The number of nitrogens with two attached hydrogens (primary N) is 1. The van der Waals surface area contributed by atoms with Crippen LogP contribution in [0.5, 0.6) is 0 Å². The van der Waals surface area contributed by atoms with Crippen LogP contribution in [0.1, 0.15) is 0 Å². The molecule has 0 saturated heterocycles. The molecule has 0 unspecified atom stereocenters. The Hall–Kier alpha value is -0.340. The van der Waals surface area contributed by atoms with Crippen LogP contribution in [-0.4, -0.2) is 25.5 Å². The molecule has 0 aromatic carbocycles. The van der Waals surface area contributed by atoms with E-state index in [9.17, 15) is 13.2 Å². The summed E-state index contributed by atoms with van der Waals surface area (Å²) in [7, 11) is -4.34. The summed E-state index contributed by atoms with van der Waals surface area (Å²) >= 11 is 0. The van der Waals surface area contributed by atoms with Gasteiger partial charge in [-0.3, -0.25) is 4.55 Å². The molecule has 0 rings (SSSR count). The lowest BCUT2D eigenvalue weighted by atomic mass is 11.6. The molecule has 0 spiro atoms. The highest BCUT2D eigenvalue weighted by Crippen LogP contribution is 2.20. The van der Waals surface area contributed by atoms with Crippen molar-refractivity contribution >= 4 is 10.1 Å². The Labute approximate surface area is 55.6 Å². The maximum Gasteiger partial charge on any atom is 0.522 e. The zero-order chi connectivity index (χ0) is 9.00. The SMILES string of the molecule is CN.O=S(=O)(O)C(F)(F)F. The highest BCUT2D eigenvalue weighted by Gasteiger charge is 2.44. The van der Waals surface area contributed by atoms with E-state index in [-0.39, 0.29) is 0 Å². The molecule has 10 heavy (non-hydrogen) atoms. The first-order chi connectivity index (χ1) is 4.25. The van der Waals surface area contributed by atoms with Crippen molar-refractivity contribution in [3.63, 3.8) is 0 Å². The van der Waals surface area contributed by atoms with Crippen LogP contribution in [0.15, 0.2) is 0 Å². The topological polar surface area (TPSA) is 80.4 Å². The summed E-state index contributed by atoms with van der Waals surface area (Å²) in [4.78, 5) is 0. The van der Waals surface area contributed by atoms with Crippen LogP contribution < -0.4 is 5.73 Å². The Balaban J connectivity index is 0. The third kappa shape index (κ3) is 4.53. The van der Waals surface area contributed by atoms with E-state index in [2.05, 4.69) is 5.73 Å². The van der Waals surface area contributed by atoms with E-state index in [1.807, 2.05) is 0 Å². The average molecular weight is 181 g/mol. The lowest BCUT2D eigenvalue weighted by Crippen LogP contribution is -2.21. The number of rotatable bonds is 0. The Morgan fingerprint density at radius 1 is 1.30 bits per heavy atom. The van der Waals surface area contributed by atoms with Crippen LogP contribution in [0.3, 0.4) is 0 Å². The van der Waals surface area contributed by atoms with E-state index in [0.717, 1.165) is 0 Å². The first kappa shape index (κ1) is 12.3. The minimum Gasteiger partial charge on any atom is -0.333 e. The van der Waals surface area contributed by atoms with E-state index >= 15 is 0 Å². The van der Waals surface area contributed by atoms with Gasteiger partial charge < -0.3 is 5.73 Å². The summed E-state index contributed by atoms with van der Waals surface area (Å²) in [5, 5.41) is 0. The molecule has 0 aliphatic heterocycles. The minimum absolute atomic E-state index is 1.50. The van der Waals surface area contributed by atoms with E-state index in [1.165, 1.54) is 7.05 Å². The van der Waals surface area contributed by atoms with Gasteiger partial charge in [-0.05, 0) is 7.05 Å². The molecular formula is C2H6F3NO3S. The van der Waals surface area contributed by atoms with E-state index in [1.54, 1.807) is 0 Å². The minimum atomic E-state index is -5.84. The number of halogens is 3. The predicted octanol–water partition coefficient (Wildman–Crippen LogP) is -0.0311. The monoisotopic (exact) mass is 181 g/mol. The lowest BCUT2D eigenvalue weighted by Gasteiger charge is -1.97. The van der Waals surface area contributed by atoms with Gasteiger partial charge in [0.15, 0.2) is 0 Å². The van der Waals surface area contributed by atoms with Crippen LogP contribution in [0.2, 0.25) is 0 Å². The summed E-state index contributed by atoms with van der Waals surface area (Å²) in [6.07, 6.45) is 0. The van der Waals surface area contributed by atoms with Crippen molar-refractivity contribution in [3.8, 4) is 0 Å². The maximum atomic E-state index is 10.7. The highest BCUT2D eigenvalue weighted by atomic mass is 32.2. The molecule has 4 nitrogen and oxygen atoms in total. The molecular weight excluding hydrogens is 175 g/mol. The van der Waals surface area contributed by atoms with Crippen molar-refractivity contribution in [1.29, 1.82) is 0 Å². The van der Waals surface area contributed by atoms with Gasteiger partial charge in [-0.25, -0.2) is 0 Å². The van der Waals surface area contributed by atoms with Gasteiger partial charge in [0.25, 0.3) is 0 Å². The van der Waals surface area contributed by atoms with Crippen LogP contribution in [0, 0.1) is 0 Å². The van der Waals surface area contributed by atoms with Crippen molar-refractivity contribution in [2.75, 3.05) is 7.05 Å². The summed E-state index contributed by atoms with van der Waals surface area (Å²) in [6, 6.07) is 0. The normalized spacial score (nSPS) is 11.8.